The standard InChI is InChI=1S/C17H17Cl2NO2/c1-3-11(2)22-16-6-4-15(5-7-16)20-17(21)12-8-13(18)10-14(19)9-12/h4-11H,3H2,1-2H3,(H,20,21). The van der Waals surface area contributed by atoms with Crippen LogP contribution in [0.5, 0.6) is 5.75 Å². The van der Waals surface area contributed by atoms with Gasteiger partial charge in [0.2, 0.25) is 0 Å². The molecule has 0 bridgehead atoms. The molecule has 0 aliphatic carbocycles. The zero-order chi connectivity index (χ0) is 16.1. The molecule has 2 aromatic carbocycles. The van der Waals surface area contributed by atoms with Crippen molar-refractivity contribution in [2.45, 2.75) is 26.4 Å². The second-order valence-corrected chi connectivity index (χ2v) is 5.85. The number of carbonyl (C=O) groups excluding carboxylic acids is 1. The summed E-state index contributed by atoms with van der Waals surface area (Å²) in [4.78, 5) is 12.2. The minimum atomic E-state index is -0.264. The van der Waals surface area contributed by atoms with Crippen LogP contribution in [0.4, 0.5) is 5.69 Å². The third-order valence-electron chi connectivity index (χ3n) is 3.15. The van der Waals surface area contributed by atoms with E-state index in [0.29, 0.717) is 21.3 Å². The van der Waals surface area contributed by atoms with Gasteiger partial charge in [0.05, 0.1) is 6.10 Å². The summed E-state index contributed by atoms with van der Waals surface area (Å²) in [6.45, 7) is 4.08. The van der Waals surface area contributed by atoms with Gasteiger partial charge in [-0.05, 0) is 55.8 Å². The van der Waals surface area contributed by atoms with Gasteiger partial charge in [0.15, 0.2) is 0 Å². The molecular weight excluding hydrogens is 321 g/mol. The maximum Gasteiger partial charge on any atom is 0.255 e. The first-order chi connectivity index (χ1) is 10.5. The van der Waals surface area contributed by atoms with E-state index in [1.807, 2.05) is 19.1 Å². The van der Waals surface area contributed by atoms with E-state index in [-0.39, 0.29) is 12.0 Å². The van der Waals surface area contributed by atoms with Gasteiger partial charge >= 0.3 is 0 Å². The number of halogens is 2. The molecule has 0 aliphatic heterocycles. The van der Waals surface area contributed by atoms with E-state index in [2.05, 4.69) is 12.2 Å². The van der Waals surface area contributed by atoms with E-state index in [1.165, 1.54) is 0 Å². The first kappa shape index (κ1) is 16.7. The number of nitrogens with one attached hydrogen (secondary N) is 1. The molecule has 0 aliphatic rings. The molecule has 0 saturated heterocycles. The monoisotopic (exact) mass is 337 g/mol. The van der Waals surface area contributed by atoms with Gasteiger partial charge in [0.25, 0.3) is 5.91 Å². The van der Waals surface area contributed by atoms with Crippen molar-refractivity contribution in [3.63, 3.8) is 0 Å². The van der Waals surface area contributed by atoms with Crippen molar-refractivity contribution in [3.8, 4) is 5.75 Å². The third-order valence-corrected chi connectivity index (χ3v) is 3.59. The van der Waals surface area contributed by atoms with Gasteiger partial charge in [0, 0.05) is 21.3 Å². The van der Waals surface area contributed by atoms with Crippen LogP contribution >= 0.6 is 23.2 Å². The zero-order valence-electron chi connectivity index (χ0n) is 12.4. The van der Waals surface area contributed by atoms with Gasteiger partial charge in [-0.15, -0.1) is 0 Å². The molecule has 3 nitrogen and oxygen atoms in total. The molecule has 1 amide bonds. The fourth-order valence-electron chi connectivity index (χ4n) is 1.82. The molecule has 1 unspecified atom stereocenters. The molecule has 0 radical (unpaired) electrons. The summed E-state index contributed by atoms with van der Waals surface area (Å²) in [5, 5.41) is 3.65. The van der Waals surface area contributed by atoms with E-state index in [9.17, 15) is 4.79 Å². The SMILES string of the molecule is CCC(C)Oc1ccc(NC(=O)c2cc(Cl)cc(Cl)c2)cc1. The van der Waals surface area contributed by atoms with E-state index in [1.54, 1.807) is 30.3 Å². The second kappa shape index (κ2) is 7.52. The smallest absolute Gasteiger partial charge is 0.255 e. The van der Waals surface area contributed by atoms with Crippen molar-refractivity contribution >= 4 is 34.8 Å². The fourth-order valence-corrected chi connectivity index (χ4v) is 2.35. The molecule has 1 N–H and O–H groups in total. The van der Waals surface area contributed by atoms with E-state index < -0.39 is 0 Å². The van der Waals surface area contributed by atoms with Gasteiger partial charge in [-0.1, -0.05) is 30.1 Å². The van der Waals surface area contributed by atoms with Gasteiger partial charge in [-0.2, -0.15) is 0 Å². The molecule has 0 spiro atoms. The van der Waals surface area contributed by atoms with Crippen molar-refractivity contribution in [1.29, 1.82) is 0 Å². The number of amides is 1. The molecule has 0 aromatic heterocycles. The highest BCUT2D eigenvalue weighted by molar-refractivity contribution is 6.35. The molecule has 0 heterocycles. The number of hydrogen-bond acceptors (Lipinski definition) is 2. The highest BCUT2D eigenvalue weighted by Crippen LogP contribution is 2.21. The van der Waals surface area contributed by atoms with Crippen molar-refractivity contribution in [2.24, 2.45) is 0 Å². The first-order valence-corrected chi connectivity index (χ1v) is 7.77. The normalized spacial score (nSPS) is 11.8. The Bertz CT molecular complexity index is 636. The molecular formula is C17H17Cl2NO2. The summed E-state index contributed by atoms with van der Waals surface area (Å²) >= 11 is 11.8. The summed E-state index contributed by atoms with van der Waals surface area (Å²) in [5.41, 5.74) is 1.09. The van der Waals surface area contributed by atoms with Crippen molar-refractivity contribution < 1.29 is 9.53 Å². The molecule has 5 heteroatoms. The van der Waals surface area contributed by atoms with Crippen LogP contribution < -0.4 is 10.1 Å². The lowest BCUT2D eigenvalue weighted by Crippen LogP contribution is -2.12. The van der Waals surface area contributed by atoms with E-state index in [4.69, 9.17) is 27.9 Å². The molecule has 1 atom stereocenters. The summed E-state index contributed by atoms with van der Waals surface area (Å²) in [6.07, 6.45) is 1.10. The number of carbonyl (C=O) groups is 1. The Hall–Kier alpha value is -1.71. The van der Waals surface area contributed by atoms with Gasteiger partial charge in [-0.3, -0.25) is 4.79 Å². The summed E-state index contributed by atoms with van der Waals surface area (Å²) in [6, 6.07) is 12.0. The quantitative estimate of drug-likeness (QED) is 0.790. The van der Waals surface area contributed by atoms with Crippen LogP contribution in [0.1, 0.15) is 30.6 Å². The average molecular weight is 338 g/mol. The lowest BCUT2D eigenvalue weighted by atomic mass is 10.2. The van der Waals surface area contributed by atoms with E-state index >= 15 is 0 Å². The summed E-state index contributed by atoms with van der Waals surface area (Å²) in [7, 11) is 0. The number of hydrogen-bond donors (Lipinski definition) is 1. The van der Waals surface area contributed by atoms with E-state index in [0.717, 1.165) is 12.2 Å². The number of rotatable bonds is 5. The lowest BCUT2D eigenvalue weighted by Gasteiger charge is -2.13. The highest BCUT2D eigenvalue weighted by atomic mass is 35.5. The van der Waals surface area contributed by atoms with Crippen LogP contribution in [0, 0.1) is 0 Å². The van der Waals surface area contributed by atoms with Crippen molar-refractivity contribution in [2.75, 3.05) is 5.32 Å². The van der Waals surface area contributed by atoms with Crippen LogP contribution in [0.25, 0.3) is 0 Å². The molecule has 2 rings (SSSR count). The van der Waals surface area contributed by atoms with Crippen LogP contribution in [0.2, 0.25) is 10.0 Å². The first-order valence-electron chi connectivity index (χ1n) is 7.02. The van der Waals surface area contributed by atoms with Crippen LogP contribution in [-0.2, 0) is 0 Å². The Labute approximate surface area is 140 Å². The van der Waals surface area contributed by atoms with Gasteiger partial charge in [0.1, 0.15) is 5.75 Å². The minimum absolute atomic E-state index is 0.161. The Morgan fingerprint density at radius 1 is 1.14 bits per heavy atom. The Kier molecular flexibility index (Phi) is 5.69. The van der Waals surface area contributed by atoms with Crippen molar-refractivity contribution in [3.05, 3.63) is 58.1 Å². The van der Waals surface area contributed by atoms with Crippen LogP contribution in [0.15, 0.2) is 42.5 Å². The van der Waals surface area contributed by atoms with Crippen LogP contribution in [0.3, 0.4) is 0 Å². The topological polar surface area (TPSA) is 38.3 Å². The Morgan fingerprint density at radius 2 is 1.73 bits per heavy atom. The van der Waals surface area contributed by atoms with Crippen LogP contribution in [-0.4, -0.2) is 12.0 Å². The van der Waals surface area contributed by atoms with Gasteiger partial charge < -0.3 is 10.1 Å². The zero-order valence-corrected chi connectivity index (χ0v) is 13.9. The number of ether oxygens (including phenoxy) is 1. The third kappa shape index (κ3) is 4.65. The largest absolute Gasteiger partial charge is 0.491 e. The maximum atomic E-state index is 12.2. The number of anilines is 1. The summed E-state index contributed by atoms with van der Waals surface area (Å²) < 4.78 is 5.69. The number of benzene rings is 2. The molecule has 0 saturated carbocycles. The lowest BCUT2D eigenvalue weighted by molar-refractivity contribution is 0.102. The van der Waals surface area contributed by atoms with Crippen molar-refractivity contribution in [1.82, 2.24) is 0 Å². The maximum absolute atomic E-state index is 12.2. The minimum Gasteiger partial charge on any atom is -0.491 e. The predicted molar refractivity (Wildman–Crippen MR) is 91.2 cm³/mol. The Morgan fingerprint density at radius 3 is 2.27 bits per heavy atom. The Balaban J connectivity index is 2.05. The fraction of sp³-hybridized carbons (Fsp3) is 0.235. The molecule has 116 valence electrons. The highest BCUT2D eigenvalue weighted by Gasteiger charge is 2.09. The molecule has 0 fully saturated rings. The predicted octanol–water partition coefficient (Wildman–Crippen LogP) is 5.42. The average Bonchev–Trinajstić information content (AvgIpc) is 2.48. The summed E-state index contributed by atoms with van der Waals surface area (Å²) in [5.74, 6) is 0.512. The van der Waals surface area contributed by atoms with Gasteiger partial charge in [-0.25, -0.2) is 0 Å². The molecule has 22 heavy (non-hydrogen) atoms. The molecule has 2 aromatic rings. The second-order valence-electron chi connectivity index (χ2n) is 4.97.